The zero-order valence-corrected chi connectivity index (χ0v) is 15.3. The Morgan fingerprint density at radius 1 is 1.30 bits per heavy atom. The highest BCUT2D eigenvalue weighted by molar-refractivity contribution is 6.07. The molecule has 3 rings (SSSR count). The molecule has 0 aliphatic carbocycles. The van der Waals surface area contributed by atoms with Crippen LogP contribution in [0.2, 0.25) is 0 Å². The molecule has 1 aliphatic rings. The van der Waals surface area contributed by atoms with Crippen molar-refractivity contribution < 1.29 is 19.1 Å². The van der Waals surface area contributed by atoms with E-state index in [1.54, 1.807) is 43.5 Å². The molecule has 2 aromatic rings. The van der Waals surface area contributed by atoms with E-state index in [9.17, 15) is 14.4 Å². The fraction of sp³-hybridized carbons (Fsp3) is 0.300. The molecule has 1 aromatic heterocycles. The highest BCUT2D eigenvalue weighted by atomic mass is 16.5. The zero-order chi connectivity index (χ0) is 19.4. The van der Waals surface area contributed by atoms with E-state index < -0.39 is 6.10 Å². The summed E-state index contributed by atoms with van der Waals surface area (Å²) in [6.07, 6.45) is 3.58. The van der Waals surface area contributed by atoms with Gasteiger partial charge >= 0.3 is 0 Å². The fourth-order valence-corrected chi connectivity index (χ4v) is 2.90. The van der Waals surface area contributed by atoms with Gasteiger partial charge in [0.25, 0.3) is 5.91 Å². The summed E-state index contributed by atoms with van der Waals surface area (Å²) in [6, 6.07) is 8.40. The summed E-state index contributed by atoms with van der Waals surface area (Å²) in [4.78, 5) is 42.5. The van der Waals surface area contributed by atoms with Crippen LogP contribution in [0.5, 0.6) is 5.75 Å². The van der Waals surface area contributed by atoms with Crippen LogP contribution in [0, 0.1) is 0 Å². The number of carbonyl (C=O) groups is 3. The third-order valence-electron chi connectivity index (χ3n) is 4.21. The number of pyridine rings is 1. The molecule has 0 saturated heterocycles. The van der Waals surface area contributed by atoms with Crippen LogP contribution >= 0.6 is 0 Å². The van der Waals surface area contributed by atoms with E-state index in [4.69, 9.17) is 4.74 Å². The predicted molar refractivity (Wildman–Crippen MR) is 101 cm³/mol. The van der Waals surface area contributed by atoms with E-state index in [0.717, 1.165) is 6.42 Å². The molecule has 2 amide bonds. The number of hydrogen-bond acceptors (Lipinski definition) is 5. The number of aromatic nitrogens is 1. The number of benzene rings is 1. The van der Waals surface area contributed by atoms with Gasteiger partial charge in [-0.1, -0.05) is 6.92 Å². The van der Waals surface area contributed by atoms with Gasteiger partial charge in [0.2, 0.25) is 5.91 Å². The number of amides is 2. The maximum atomic E-state index is 12.6. The van der Waals surface area contributed by atoms with E-state index in [0.29, 0.717) is 29.1 Å². The molecule has 0 radical (unpaired) electrons. The van der Waals surface area contributed by atoms with Gasteiger partial charge in [-0.25, -0.2) is 0 Å². The quantitative estimate of drug-likeness (QED) is 0.793. The van der Waals surface area contributed by atoms with Crippen LogP contribution in [-0.2, 0) is 9.59 Å². The van der Waals surface area contributed by atoms with Crippen LogP contribution in [0.3, 0.4) is 0 Å². The number of carbonyl (C=O) groups excluding carboxylic acids is 3. The Bertz CT molecular complexity index is 867. The summed E-state index contributed by atoms with van der Waals surface area (Å²) in [5.74, 6) is -0.221. The lowest BCUT2D eigenvalue weighted by Gasteiger charge is -2.32. The molecular formula is C20H21N3O4. The highest BCUT2D eigenvalue weighted by Gasteiger charge is 2.33. The van der Waals surface area contributed by atoms with Crippen LogP contribution in [0.15, 0.2) is 42.7 Å². The summed E-state index contributed by atoms with van der Waals surface area (Å²) < 4.78 is 5.62. The minimum atomic E-state index is -0.708. The van der Waals surface area contributed by atoms with Gasteiger partial charge in [-0.15, -0.1) is 0 Å². The first-order valence-electron chi connectivity index (χ1n) is 8.84. The van der Waals surface area contributed by atoms with Crippen LogP contribution in [-0.4, -0.2) is 35.2 Å². The van der Waals surface area contributed by atoms with Crippen molar-refractivity contribution in [3.05, 3.63) is 48.3 Å². The average Bonchev–Trinajstić information content (AvgIpc) is 2.66. The Hall–Kier alpha value is -3.22. The number of nitrogens with zero attached hydrogens (tertiary/aromatic N) is 2. The number of nitrogens with one attached hydrogen (secondary N) is 1. The maximum absolute atomic E-state index is 12.6. The Balaban J connectivity index is 1.86. The number of ether oxygens (including phenoxy) is 1. The van der Waals surface area contributed by atoms with Crippen LogP contribution in [0.4, 0.5) is 11.4 Å². The minimum absolute atomic E-state index is 0.00821. The number of fused-ring (bicyclic) bond motifs is 1. The standard InChI is InChI=1S/C20H21N3O4/c1-3-5-17(24)14-7-8-18-16(10-14)23(20(26)13(2)27-18)12-19(25)22-15-6-4-9-21-11-15/h4,6-11,13H,3,5,12H2,1-2H3,(H,22,25). The summed E-state index contributed by atoms with van der Waals surface area (Å²) >= 11 is 0. The third-order valence-corrected chi connectivity index (χ3v) is 4.21. The molecule has 0 spiro atoms. The molecule has 0 saturated carbocycles. The first-order chi connectivity index (χ1) is 13.0. The van der Waals surface area contributed by atoms with Crippen molar-refractivity contribution >= 4 is 29.0 Å². The van der Waals surface area contributed by atoms with Crippen LogP contribution in [0.1, 0.15) is 37.0 Å². The van der Waals surface area contributed by atoms with E-state index in [1.807, 2.05) is 6.92 Å². The summed E-state index contributed by atoms with van der Waals surface area (Å²) in [7, 11) is 0. The molecule has 1 N–H and O–H groups in total. The summed E-state index contributed by atoms with van der Waals surface area (Å²) in [5, 5.41) is 2.71. The van der Waals surface area contributed by atoms with Crippen molar-refractivity contribution in [1.82, 2.24) is 4.98 Å². The average molecular weight is 367 g/mol. The molecule has 2 heterocycles. The SMILES string of the molecule is CCCC(=O)c1ccc2c(c1)N(CC(=O)Nc1cccnc1)C(=O)C(C)O2. The zero-order valence-electron chi connectivity index (χ0n) is 15.3. The van der Waals surface area contributed by atoms with E-state index in [-0.39, 0.29) is 24.1 Å². The molecule has 1 unspecified atom stereocenters. The van der Waals surface area contributed by atoms with Gasteiger partial charge in [-0.3, -0.25) is 24.3 Å². The van der Waals surface area contributed by atoms with Crippen molar-refractivity contribution in [2.45, 2.75) is 32.8 Å². The highest BCUT2D eigenvalue weighted by Crippen LogP contribution is 2.35. The van der Waals surface area contributed by atoms with Crippen molar-refractivity contribution in [2.24, 2.45) is 0 Å². The molecule has 7 heteroatoms. The van der Waals surface area contributed by atoms with E-state index in [1.165, 1.54) is 11.1 Å². The number of anilines is 2. The van der Waals surface area contributed by atoms with Gasteiger partial charge in [-0.05, 0) is 43.7 Å². The molecule has 1 aliphatic heterocycles. The second-order valence-corrected chi connectivity index (χ2v) is 6.33. The Labute approximate surface area is 157 Å². The summed E-state index contributed by atoms with van der Waals surface area (Å²) in [6.45, 7) is 3.38. The Morgan fingerprint density at radius 3 is 2.81 bits per heavy atom. The Kier molecular flexibility index (Phi) is 5.49. The van der Waals surface area contributed by atoms with Crippen LogP contribution in [0.25, 0.3) is 0 Å². The van der Waals surface area contributed by atoms with Crippen molar-refractivity contribution in [3.8, 4) is 5.75 Å². The number of rotatable bonds is 6. The first kappa shape index (κ1) is 18.6. The maximum Gasteiger partial charge on any atom is 0.268 e. The van der Waals surface area contributed by atoms with Gasteiger partial charge in [-0.2, -0.15) is 0 Å². The number of Topliss-reactive ketones (excluding diaryl/α,β-unsaturated/α-hetero) is 1. The van der Waals surface area contributed by atoms with Gasteiger partial charge in [0.1, 0.15) is 12.3 Å². The van der Waals surface area contributed by atoms with Gasteiger partial charge in [0.15, 0.2) is 11.9 Å². The summed E-state index contributed by atoms with van der Waals surface area (Å²) in [5.41, 5.74) is 1.48. The van der Waals surface area contributed by atoms with E-state index >= 15 is 0 Å². The molecule has 1 atom stereocenters. The second-order valence-electron chi connectivity index (χ2n) is 6.33. The minimum Gasteiger partial charge on any atom is -0.479 e. The predicted octanol–water partition coefficient (Wildman–Crippen LogP) is 2.82. The second kappa shape index (κ2) is 7.99. The van der Waals surface area contributed by atoms with Crippen molar-refractivity contribution in [3.63, 3.8) is 0 Å². The molecule has 140 valence electrons. The van der Waals surface area contributed by atoms with Gasteiger partial charge < -0.3 is 10.1 Å². The van der Waals surface area contributed by atoms with Crippen LogP contribution < -0.4 is 15.0 Å². The van der Waals surface area contributed by atoms with Crippen molar-refractivity contribution in [2.75, 3.05) is 16.8 Å². The normalized spacial score (nSPS) is 15.7. The molecule has 0 fully saturated rings. The molecular weight excluding hydrogens is 346 g/mol. The molecule has 27 heavy (non-hydrogen) atoms. The lowest BCUT2D eigenvalue weighted by atomic mass is 10.0. The molecule has 1 aromatic carbocycles. The first-order valence-corrected chi connectivity index (χ1v) is 8.84. The fourth-order valence-electron chi connectivity index (χ4n) is 2.90. The third kappa shape index (κ3) is 4.13. The number of hydrogen-bond donors (Lipinski definition) is 1. The largest absolute Gasteiger partial charge is 0.479 e. The van der Waals surface area contributed by atoms with E-state index in [2.05, 4.69) is 10.3 Å². The monoisotopic (exact) mass is 367 g/mol. The van der Waals surface area contributed by atoms with Gasteiger partial charge in [0.05, 0.1) is 17.6 Å². The topological polar surface area (TPSA) is 88.6 Å². The molecule has 7 nitrogen and oxygen atoms in total. The van der Waals surface area contributed by atoms with Crippen molar-refractivity contribution in [1.29, 1.82) is 0 Å². The lowest BCUT2D eigenvalue weighted by molar-refractivity contribution is -0.127. The number of ketones is 1. The smallest absolute Gasteiger partial charge is 0.268 e. The molecule has 0 bridgehead atoms. The lowest BCUT2D eigenvalue weighted by Crippen LogP contribution is -2.47. The van der Waals surface area contributed by atoms with Gasteiger partial charge in [0, 0.05) is 18.2 Å². The Morgan fingerprint density at radius 2 is 2.11 bits per heavy atom.